The second kappa shape index (κ2) is 6.39. The van der Waals surface area contributed by atoms with Gasteiger partial charge in [0, 0.05) is 11.6 Å². The van der Waals surface area contributed by atoms with Gasteiger partial charge in [0.15, 0.2) is 17.4 Å². The third kappa shape index (κ3) is 3.60. The zero-order valence-electron chi connectivity index (χ0n) is 11.9. The number of rotatable bonds is 4. The van der Waals surface area contributed by atoms with E-state index in [0.29, 0.717) is 5.56 Å². The standard InChI is InChI=1S/C15H12F2N2O4/c1-8(9-2-4-11(16)12(17)6-9)18-15(21)10-3-5-13(19(22)23)14(20)7-10/h2-8,20H,1H3,(H,18,21)/t8-/m0/s1. The molecule has 0 aromatic heterocycles. The van der Waals surface area contributed by atoms with Crippen LogP contribution in [0.5, 0.6) is 5.75 Å². The zero-order chi connectivity index (χ0) is 17.1. The van der Waals surface area contributed by atoms with Gasteiger partial charge in [-0.2, -0.15) is 0 Å². The van der Waals surface area contributed by atoms with Crippen molar-refractivity contribution < 1.29 is 23.6 Å². The molecule has 0 spiro atoms. The van der Waals surface area contributed by atoms with Crippen molar-refractivity contribution >= 4 is 11.6 Å². The van der Waals surface area contributed by atoms with Gasteiger partial charge in [0.2, 0.25) is 0 Å². The number of hydrogen-bond donors (Lipinski definition) is 2. The van der Waals surface area contributed by atoms with Gasteiger partial charge in [0.05, 0.1) is 11.0 Å². The predicted octanol–water partition coefficient (Wildman–Crippen LogP) is 3.07. The molecule has 1 atom stereocenters. The lowest BCUT2D eigenvalue weighted by Gasteiger charge is -2.14. The van der Waals surface area contributed by atoms with E-state index in [2.05, 4.69) is 5.32 Å². The Morgan fingerprint density at radius 1 is 1.22 bits per heavy atom. The summed E-state index contributed by atoms with van der Waals surface area (Å²) in [7, 11) is 0. The molecule has 23 heavy (non-hydrogen) atoms. The van der Waals surface area contributed by atoms with Gasteiger partial charge in [0.25, 0.3) is 5.91 Å². The lowest BCUT2D eigenvalue weighted by atomic mass is 10.1. The monoisotopic (exact) mass is 322 g/mol. The van der Waals surface area contributed by atoms with Crippen LogP contribution in [-0.4, -0.2) is 15.9 Å². The maximum absolute atomic E-state index is 13.2. The van der Waals surface area contributed by atoms with E-state index in [-0.39, 0.29) is 5.56 Å². The summed E-state index contributed by atoms with van der Waals surface area (Å²) in [5, 5.41) is 22.6. The number of nitro benzene ring substituents is 1. The fourth-order valence-corrected chi connectivity index (χ4v) is 1.96. The average molecular weight is 322 g/mol. The van der Waals surface area contributed by atoms with Crippen molar-refractivity contribution in [3.63, 3.8) is 0 Å². The summed E-state index contributed by atoms with van der Waals surface area (Å²) < 4.78 is 26.1. The number of carbonyl (C=O) groups is 1. The highest BCUT2D eigenvalue weighted by molar-refractivity contribution is 5.95. The fourth-order valence-electron chi connectivity index (χ4n) is 1.96. The van der Waals surface area contributed by atoms with Crippen molar-refractivity contribution in [2.24, 2.45) is 0 Å². The van der Waals surface area contributed by atoms with Crippen LogP contribution < -0.4 is 5.32 Å². The van der Waals surface area contributed by atoms with Crippen molar-refractivity contribution in [1.82, 2.24) is 5.32 Å². The number of aromatic hydroxyl groups is 1. The number of carbonyl (C=O) groups excluding carboxylic acids is 1. The molecule has 120 valence electrons. The molecular weight excluding hydrogens is 310 g/mol. The van der Waals surface area contributed by atoms with E-state index in [1.165, 1.54) is 12.1 Å². The van der Waals surface area contributed by atoms with Crippen LogP contribution in [0.25, 0.3) is 0 Å². The van der Waals surface area contributed by atoms with Gasteiger partial charge in [-0.05, 0) is 36.8 Å². The molecule has 6 nitrogen and oxygen atoms in total. The minimum Gasteiger partial charge on any atom is -0.502 e. The maximum atomic E-state index is 13.2. The molecule has 0 aliphatic carbocycles. The topological polar surface area (TPSA) is 92.5 Å². The van der Waals surface area contributed by atoms with Gasteiger partial charge in [-0.25, -0.2) is 8.78 Å². The van der Waals surface area contributed by atoms with Gasteiger partial charge in [-0.15, -0.1) is 0 Å². The first-order valence-electron chi connectivity index (χ1n) is 6.53. The average Bonchev–Trinajstić information content (AvgIpc) is 2.49. The van der Waals surface area contributed by atoms with E-state index in [9.17, 15) is 28.8 Å². The van der Waals surface area contributed by atoms with Crippen molar-refractivity contribution in [3.05, 3.63) is 69.3 Å². The first kappa shape index (κ1) is 16.3. The van der Waals surface area contributed by atoms with E-state index in [1.54, 1.807) is 6.92 Å². The van der Waals surface area contributed by atoms with Crippen molar-refractivity contribution in [2.75, 3.05) is 0 Å². The Kier molecular flexibility index (Phi) is 4.54. The molecule has 0 saturated carbocycles. The lowest BCUT2D eigenvalue weighted by molar-refractivity contribution is -0.385. The molecule has 2 rings (SSSR count). The van der Waals surface area contributed by atoms with Crippen LogP contribution in [0.4, 0.5) is 14.5 Å². The number of amides is 1. The Hall–Kier alpha value is -3.03. The largest absolute Gasteiger partial charge is 0.502 e. The minimum atomic E-state index is -1.03. The Labute approximate surface area is 129 Å². The van der Waals surface area contributed by atoms with Crippen LogP contribution >= 0.6 is 0 Å². The number of nitrogens with zero attached hydrogens (tertiary/aromatic N) is 1. The molecule has 0 radical (unpaired) electrons. The maximum Gasteiger partial charge on any atom is 0.310 e. The Morgan fingerprint density at radius 2 is 1.91 bits per heavy atom. The van der Waals surface area contributed by atoms with Crippen molar-refractivity contribution in [3.8, 4) is 5.75 Å². The zero-order valence-corrected chi connectivity index (χ0v) is 11.9. The summed E-state index contributed by atoms with van der Waals surface area (Å²) in [6, 6.07) is 5.77. The van der Waals surface area contributed by atoms with Gasteiger partial charge in [-0.3, -0.25) is 14.9 Å². The molecular formula is C15H12F2N2O4. The molecule has 0 aliphatic rings. The summed E-state index contributed by atoms with van der Waals surface area (Å²) >= 11 is 0. The molecule has 0 aliphatic heterocycles. The van der Waals surface area contributed by atoms with Crippen LogP contribution in [0.1, 0.15) is 28.9 Å². The molecule has 2 aromatic carbocycles. The number of halogens is 2. The SMILES string of the molecule is C[C@H](NC(=O)c1ccc([N+](=O)[O-])c(O)c1)c1ccc(F)c(F)c1. The number of phenols is 1. The molecule has 0 heterocycles. The molecule has 0 fully saturated rings. The first-order valence-corrected chi connectivity index (χ1v) is 6.53. The number of nitro groups is 1. The first-order chi connectivity index (χ1) is 10.8. The van der Waals surface area contributed by atoms with E-state index in [1.807, 2.05) is 0 Å². The van der Waals surface area contributed by atoms with E-state index in [4.69, 9.17) is 0 Å². The molecule has 2 aromatic rings. The molecule has 0 bridgehead atoms. The second-order valence-electron chi connectivity index (χ2n) is 4.83. The smallest absolute Gasteiger partial charge is 0.310 e. The Bertz CT molecular complexity index is 780. The number of benzene rings is 2. The highest BCUT2D eigenvalue weighted by atomic mass is 19.2. The normalized spacial score (nSPS) is 11.8. The Balaban J connectivity index is 2.16. The van der Waals surface area contributed by atoms with Crippen LogP contribution in [0, 0.1) is 21.7 Å². The van der Waals surface area contributed by atoms with E-state index in [0.717, 1.165) is 24.3 Å². The fraction of sp³-hybridized carbons (Fsp3) is 0.133. The summed E-state index contributed by atoms with van der Waals surface area (Å²) in [4.78, 5) is 21.9. The predicted molar refractivity (Wildman–Crippen MR) is 77.0 cm³/mol. The van der Waals surface area contributed by atoms with E-state index < -0.39 is 39.9 Å². The van der Waals surface area contributed by atoms with Crippen molar-refractivity contribution in [1.29, 1.82) is 0 Å². The molecule has 8 heteroatoms. The number of hydrogen-bond acceptors (Lipinski definition) is 4. The summed E-state index contributed by atoms with van der Waals surface area (Å²) in [5.41, 5.74) is -0.166. The minimum absolute atomic E-state index is 0.00235. The summed E-state index contributed by atoms with van der Waals surface area (Å²) in [6.07, 6.45) is 0. The van der Waals surface area contributed by atoms with Crippen LogP contribution in [0.15, 0.2) is 36.4 Å². The van der Waals surface area contributed by atoms with Gasteiger partial charge in [0.1, 0.15) is 0 Å². The van der Waals surface area contributed by atoms with Crippen LogP contribution in [0.3, 0.4) is 0 Å². The highest BCUT2D eigenvalue weighted by Gasteiger charge is 2.18. The Morgan fingerprint density at radius 3 is 2.48 bits per heavy atom. The number of phenolic OH excluding ortho intramolecular Hbond substituents is 1. The third-order valence-electron chi connectivity index (χ3n) is 3.23. The van der Waals surface area contributed by atoms with Crippen LogP contribution in [0.2, 0.25) is 0 Å². The lowest BCUT2D eigenvalue weighted by Crippen LogP contribution is -2.26. The molecule has 0 saturated heterocycles. The van der Waals surface area contributed by atoms with E-state index >= 15 is 0 Å². The molecule has 1 amide bonds. The number of nitrogens with one attached hydrogen (secondary N) is 1. The van der Waals surface area contributed by atoms with Crippen LogP contribution in [-0.2, 0) is 0 Å². The molecule has 2 N–H and O–H groups in total. The third-order valence-corrected chi connectivity index (χ3v) is 3.23. The quantitative estimate of drug-likeness (QED) is 0.668. The van der Waals surface area contributed by atoms with Gasteiger partial charge >= 0.3 is 5.69 Å². The molecule has 0 unspecified atom stereocenters. The highest BCUT2D eigenvalue weighted by Crippen LogP contribution is 2.26. The second-order valence-corrected chi connectivity index (χ2v) is 4.83. The van der Waals surface area contributed by atoms with Crippen molar-refractivity contribution in [2.45, 2.75) is 13.0 Å². The van der Waals surface area contributed by atoms with Gasteiger partial charge in [-0.1, -0.05) is 6.07 Å². The van der Waals surface area contributed by atoms with Gasteiger partial charge < -0.3 is 10.4 Å². The summed E-state index contributed by atoms with van der Waals surface area (Å²) in [6.45, 7) is 1.57. The summed E-state index contributed by atoms with van der Waals surface area (Å²) in [5.74, 6) is -3.28.